The smallest absolute Gasteiger partial charge is 0.195 e. The van der Waals surface area contributed by atoms with E-state index in [1.165, 1.54) is 11.3 Å². The number of carbonyl (C=O) groups excluding carboxylic acids is 1. The zero-order chi connectivity index (χ0) is 14.7. The molecule has 0 aliphatic carbocycles. The molecule has 2 rings (SSSR count). The molecular formula is C15H12ClNO2S. The molecule has 0 N–H and O–H groups in total. The van der Waals surface area contributed by atoms with E-state index in [2.05, 4.69) is 0 Å². The molecule has 20 heavy (non-hydrogen) atoms. The van der Waals surface area contributed by atoms with Gasteiger partial charge in [0.1, 0.15) is 11.7 Å². The number of aryl methyl sites for hydroxylation is 1. The SMILES string of the molecule is COc1ccc(C(C#N)C(=O)c2scc(C)c2Cl)cc1. The second-order valence-corrected chi connectivity index (χ2v) is 5.52. The van der Waals surface area contributed by atoms with Crippen LogP contribution in [-0.4, -0.2) is 12.9 Å². The molecule has 3 nitrogen and oxygen atoms in total. The van der Waals surface area contributed by atoms with Gasteiger partial charge in [0.25, 0.3) is 0 Å². The minimum Gasteiger partial charge on any atom is -0.497 e. The van der Waals surface area contributed by atoms with Gasteiger partial charge in [-0.2, -0.15) is 5.26 Å². The molecule has 0 radical (unpaired) electrons. The summed E-state index contributed by atoms with van der Waals surface area (Å²) in [5.41, 5.74) is 1.49. The van der Waals surface area contributed by atoms with E-state index in [9.17, 15) is 10.1 Å². The quantitative estimate of drug-likeness (QED) is 0.795. The number of Topliss-reactive ketones (excluding diaryl/α,β-unsaturated/α-hetero) is 1. The number of thiophene rings is 1. The summed E-state index contributed by atoms with van der Waals surface area (Å²) in [4.78, 5) is 12.9. The summed E-state index contributed by atoms with van der Waals surface area (Å²) in [6, 6.07) is 8.95. The van der Waals surface area contributed by atoms with Crippen LogP contribution < -0.4 is 4.74 Å². The van der Waals surface area contributed by atoms with Gasteiger partial charge in [0, 0.05) is 0 Å². The zero-order valence-electron chi connectivity index (χ0n) is 11.0. The van der Waals surface area contributed by atoms with Gasteiger partial charge in [-0.25, -0.2) is 0 Å². The van der Waals surface area contributed by atoms with Crippen molar-refractivity contribution in [1.82, 2.24) is 0 Å². The van der Waals surface area contributed by atoms with E-state index in [0.717, 1.165) is 5.56 Å². The van der Waals surface area contributed by atoms with Crippen molar-refractivity contribution in [1.29, 1.82) is 5.26 Å². The van der Waals surface area contributed by atoms with E-state index in [1.54, 1.807) is 31.4 Å². The van der Waals surface area contributed by atoms with Gasteiger partial charge in [-0.05, 0) is 35.6 Å². The fraction of sp³-hybridized carbons (Fsp3) is 0.200. The van der Waals surface area contributed by atoms with Crippen molar-refractivity contribution in [2.45, 2.75) is 12.8 Å². The second kappa shape index (κ2) is 6.08. The predicted octanol–water partition coefficient (Wildman–Crippen LogP) is 4.21. The zero-order valence-corrected chi connectivity index (χ0v) is 12.6. The predicted molar refractivity (Wildman–Crippen MR) is 79.7 cm³/mol. The Balaban J connectivity index is 2.34. The van der Waals surface area contributed by atoms with E-state index in [1.807, 2.05) is 18.4 Å². The summed E-state index contributed by atoms with van der Waals surface area (Å²) in [6.45, 7) is 1.84. The Labute approximate surface area is 126 Å². The number of ketones is 1. The first-order valence-electron chi connectivity index (χ1n) is 5.89. The summed E-state index contributed by atoms with van der Waals surface area (Å²) < 4.78 is 5.06. The molecule has 0 amide bonds. The molecule has 5 heteroatoms. The van der Waals surface area contributed by atoms with E-state index in [-0.39, 0.29) is 5.78 Å². The number of carbonyl (C=O) groups is 1. The van der Waals surface area contributed by atoms with Crippen LogP contribution in [0.15, 0.2) is 29.6 Å². The third kappa shape index (κ3) is 2.69. The Bertz CT molecular complexity index is 670. The Morgan fingerprint density at radius 2 is 2.05 bits per heavy atom. The number of nitriles is 1. The van der Waals surface area contributed by atoms with Crippen molar-refractivity contribution >= 4 is 28.7 Å². The molecule has 1 unspecified atom stereocenters. The van der Waals surface area contributed by atoms with Crippen LogP contribution in [0, 0.1) is 18.3 Å². The van der Waals surface area contributed by atoms with Crippen molar-refractivity contribution < 1.29 is 9.53 Å². The number of hydrogen-bond acceptors (Lipinski definition) is 4. The number of rotatable bonds is 4. The molecule has 102 valence electrons. The minimum absolute atomic E-state index is 0.263. The highest BCUT2D eigenvalue weighted by Crippen LogP contribution is 2.32. The molecule has 1 atom stereocenters. The number of halogens is 1. The average Bonchev–Trinajstić information content (AvgIpc) is 2.80. The average molecular weight is 306 g/mol. The van der Waals surface area contributed by atoms with Gasteiger partial charge in [-0.1, -0.05) is 23.7 Å². The monoisotopic (exact) mass is 305 g/mol. The highest BCUT2D eigenvalue weighted by Gasteiger charge is 2.25. The first-order chi connectivity index (χ1) is 9.58. The van der Waals surface area contributed by atoms with Gasteiger partial charge < -0.3 is 4.74 Å². The Kier molecular flexibility index (Phi) is 4.43. The largest absolute Gasteiger partial charge is 0.497 e. The first-order valence-corrected chi connectivity index (χ1v) is 7.15. The van der Waals surface area contributed by atoms with Crippen LogP contribution in [0.1, 0.15) is 26.7 Å². The number of ether oxygens (including phenoxy) is 1. The van der Waals surface area contributed by atoms with Crippen LogP contribution in [0.5, 0.6) is 5.75 Å². The molecule has 0 spiro atoms. The molecule has 1 aromatic carbocycles. The van der Waals surface area contributed by atoms with Crippen LogP contribution in [0.3, 0.4) is 0 Å². The number of nitrogens with zero attached hydrogens (tertiary/aromatic N) is 1. The summed E-state index contributed by atoms with van der Waals surface area (Å²) in [5.74, 6) is -0.430. The number of hydrogen-bond donors (Lipinski definition) is 0. The van der Waals surface area contributed by atoms with E-state index < -0.39 is 5.92 Å². The van der Waals surface area contributed by atoms with E-state index >= 15 is 0 Å². The van der Waals surface area contributed by atoms with Gasteiger partial charge >= 0.3 is 0 Å². The van der Waals surface area contributed by atoms with Gasteiger partial charge in [0.05, 0.1) is 23.1 Å². The fourth-order valence-corrected chi connectivity index (χ4v) is 3.07. The van der Waals surface area contributed by atoms with Crippen LogP contribution in [0.2, 0.25) is 5.02 Å². The summed E-state index contributed by atoms with van der Waals surface area (Å²) in [6.07, 6.45) is 0. The topological polar surface area (TPSA) is 50.1 Å². The van der Waals surface area contributed by atoms with Crippen molar-refractivity contribution in [2.75, 3.05) is 7.11 Å². The highest BCUT2D eigenvalue weighted by atomic mass is 35.5. The highest BCUT2D eigenvalue weighted by molar-refractivity contribution is 7.13. The molecule has 0 aliphatic heterocycles. The van der Waals surface area contributed by atoms with E-state index in [0.29, 0.717) is 21.2 Å². The number of methoxy groups -OCH3 is 1. The molecule has 0 saturated heterocycles. The molecular weight excluding hydrogens is 294 g/mol. The molecule has 1 heterocycles. The van der Waals surface area contributed by atoms with Gasteiger partial charge in [0.15, 0.2) is 5.78 Å². The Hall–Kier alpha value is -1.83. The summed E-state index contributed by atoms with van der Waals surface area (Å²) in [5, 5.41) is 11.6. The maximum atomic E-state index is 12.4. The lowest BCUT2D eigenvalue weighted by atomic mass is 9.95. The summed E-state index contributed by atoms with van der Waals surface area (Å²) in [7, 11) is 1.57. The minimum atomic E-state index is -0.851. The van der Waals surface area contributed by atoms with Gasteiger partial charge in [-0.3, -0.25) is 4.79 Å². The molecule has 0 bridgehead atoms. The Morgan fingerprint density at radius 1 is 1.40 bits per heavy atom. The van der Waals surface area contributed by atoms with Crippen molar-refractivity contribution in [2.24, 2.45) is 0 Å². The van der Waals surface area contributed by atoms with Crippen molar-refractivity contribution in [3.05, 3.63) is 50.7 Å². The fourth-order valence-electron chi connectivity index (χ4n) is 1.81. The molecule has 1 aromatic heterocycles. The lowest BCUT2D eigenvalue weighted by Crippen LogP contribution is -2.10. The molecule has 2 aromatic rings. The Morgan fingerprint density at radius 3 is 2.50 bits per heavy atom. The van der Waals surface area contributed by atoms with Crippen LogP contribution in [-0.2, 0) is 0 Å². The first kappa shape index (κ1) is 14.6. The molecule has 0 aliphatic rings. The lowest BCUT2D eigenvalue weighted by Gasteiger charge is -2.08. The van der Waals surface area contributed by atoms with Gasteiger partial charge in [0.2, 0.25) is 0 Å². The third-order valence-electron chi connectivity index (χ3n) is 2.96. The third-order valence-corrected chi connectivity index (χ3v) is 4.67. The van der Waals surface area contributed by atoms with Crippen molar-refractivity contribution in [3.8, 4) is 11.8 Å². The number of benzene rings is 1. The van der Waals surface area contributed by atoms with Gasteiger partial charge in [-0.15, -0.1) is 11.3 Å². The van der Waals surface area contributed by atoms with Crippen LogP contribution >= 0.6 is 22.9 Å². The van der Waals surface area contributed by atoms with Crippen LogP contribution in [0.4, 0.5) is 0 Å². The van der Waals surface area contributed by atoms with Crippen LogP contribution in [0.25, 0.3) is 0 Å². The van der Waals surface area contributed by atoms with E-state index in [4.69, 9.17) is 16.3 Å². The molecule has 0 fully saturated rings. The lowest BCUT2D eigenvalue weighted by molar-refractivity contribution is 0.0983. The van der Waals surface area contributed by atoms with Crippen molar-refractivity contribution in [3.63, 3.8) is 0 Å². The second-order valence-electron chi connectivity index (χ2n) is 4.26. The normalized spacial score (nSPS) is 11.7. The summed E-state index contributed by atoms with van der Waals surface area (Å²) >= 11 is 7.37. The molecule has 0 saturated carbocycles. The maximum absolute atomic E-state index is 12.4. The standard InChI is InChI=1S/C15H12ClNO2S/c1-9-8-20-15(13(9)16)14(18)12(7-17)10-3-5-11(19-2)6-4-10/h3-6,8,12H,1-2H3. The maximum Gasteiger partial charge on any atom is 0.195 e.